The van der Waals surface area contributed by atoms with Crippen LogP contribution in [0.25, 0.3) is 0 Å². The van der Waals surface area contributed by atoms with Crippen molar-refractivity contribution in [3.05, 3.63) is 29.8 Å². The molecule has 1 heterocycles. The number of hydrogen-bond acceptors (Lipinski definition) is 4. The highest BCUT2D eigenvalue weighted by molar-refractivity contribution is 6.39. The van der Waals surface area contributed by atoms with Gasteiger partial charge in [-0.15, -0.1) is 0 Å². The number of piperidine rings is 1. The second-order valence-electron chi connectivity index (χ2n) is 7.68. The molecule has 2 N–H and O–H groups in total. The van der Waals surface area contributed by atoms with Crippen LogP contribution in [-0.4, -0.2) is 48.5 Å². The Morgan fingerprint density at radius 1 is 1.11 bits per heavy atom. The van der Waals surface area contributed by atoms with Gasteiger partial charge < -0.3 is 20.3 Å². The van der Waals surface area contributed by atoms with Crippen molar-refractivity contribution in [1.82, 2.24) is 10.2 Å². The molecule has 0 atom stereocenters. The van der Waals surface area contributed by atoms with Gasteiger partial charge in [0.05, 0.1) is 6.61 Å². The first kappa shape index (κ1) is 20.7. The Labute approximate surface area is 160 Å². The Kier molecular flexibility index (Phi) is 6.82. The molecule has 1 saturated heterocycles. The topological polar surface area (TPSA) is 87.7 Å². The largest absolute Gasteiger partial charge is 0.450 e. The normalized spacial score (nSPS) is 15.2. The first-order chi connectivity index (χ1) is 12.7. The van der Waals surface area contributed by atoms with Crippen LogP contribution in [0.2, 0.25) is 0 Å². The van der Waals surface area contributed by atoms with Crippen LogP contribution in [0.1, 0.15) is 46.1 Å². The zero-order chi connectivity index (χ0) is 20.0. The van der Waals surface area contributed by atoms with Crippen molar-refractivity contribution in [3.8, 4) is 0 Å². The van der Waals surface area contributed by atoms with E-state index in [2.05, 4.69) is 31.4 Å². The molecule has 0 aliphatic carbocycles. The Bertz CT molecular complexity index is 689. The fourth-order valence-corrected chi connectivity index (χ4v) is 3.10. The predicted octanol–water partition coefficient (Wildman–Crippen LogP) is 2.66. The third-order valence-electron chi connectivity index (χ3n) is 4.55. The molecule has 0 aromatic heterocycles. The lowest BCUT2D eigenvalue weighted by Gasteiger charge is -2.31. The number of benzene rings is 1. The lowest BCUT2D eigenvalue weighted by atomic mass is 9.86. The van der Waals surface area contributed by atoms with Gasteiger partial charge in [-0.2, -0.15) is 0 Å². The fraction of sp³-hybridized carbons (Fsp3) is 0.550. The summed E-state index contributed by atoms with van der Waals surface area (Å²) < 4.78 is 4.98. The smallest absolute Gasteiger partial charge is 0.409 e. The molecular weight excluding hydrogens is 346 g/mol. The highest BCUT2D eigenvalue weighted by Gasteiger charge is 2.27. The van der Waals surface area contributed by atoms with Crippen LogP contribution in [0.5, 0.6) is 0 Å². The molecule has 1 aliphatic heterocycles. The minimum atomic E-state index is -0.681. The number of amides is 3. The molecule has 148 valence electrons. The van der Waals surface area contributed by atoms with Crippen LogP contribution in [0.4, 0.5) is 10.5 Å². The summed E-state index contributed by atoms with van der Waals surface area (Å²) in [6.07, 6.45) is 0.853. The van der Waals surface area contributed by atoms with E-state index in [0.29, 0.717) is 38.2 Å². The maximum absolute atomic E-state index is 12.3. The van der Waals surface area contributed by atoms with Crippen LogP contribution in [0.3, 0.4) is 0 Å². The van der Waals surface area contributed by atoms with Crippen LogP contribution in [0.15, 0.2) is 24.3 Å². The molecule has 3 amide bonds. The number of carbonyl (C=O) groups is 3. The zero-order valence-corrected chi connectivity index (χ0v) is 16.5. The molecule has 0 spiro atoms. The Hall–Kier alpha value is -2.57. The fourth-order valence-electron chi connectivity index (χ4n) is 3.10. The van der Waals surface area contributed by atoms with Gasteiger partial charge in [-0.05, 0) is 36.8 Å². The number of para-hydroxylation sites is 1. The molecule has 7 heteroatoms. The van der Waals surface area contributed by atoms with Crippen molar-refractivity contribution in [2.75, 3.05) is 25.0 Å². The van der Waals surface area contributed by atoms with Crippen molar-refractivity contribution in [3.63, 3.8) is 0 Å². The van der Waals surface area contributed by atoms with Crippen LogP contribution >= 0.6 is 0 Å². The van der Waals surface area contributed by atoms with Crippen LogP contribution in [0, 0.1) is 0 Å². The molecule has 7 nitrogen and oxygen atoms in total. The standard InChI is InChI=1S/C20H29N3O4/c1-5-27-19(26)23-12-10-14(11-13-23)21-17(24)18(25)22-16-9-7-6-8-15(16)20(2,3)4/h6-9,14H,5,10-13H2,1-4H3,(H,21,24)(H,22,25). The van der Waals surface area contributed by atoms with Gasteiger partial charge in [-0.3, -0.25) is 9.59 Å². The van der Waals surface area contributed by atoms with E-state index >= 15 is 0 Å². The number of carbonyl (C=O) groups excluding carboxylic acids is 3. The third-order valence-corrected chi connectivity index (χ3v) is 4.55. The van der Waals surface area contributed by atoms with E-state index in [1.54, 1.807) is 17.9 Å². The first-order valence-corrected chi connectivity index (χ1v) is 9.35. The average Bonchev–Trinajstić information content (AvgIpc) is 2.62. The highest BCUT2D eigenvalue weighted by atomic mass is 16.6. The molecule has 0 unspecified atom stereocenters. The van der Waals surface area contributed by atoms with Gasteiger partial charge in [0.2, 0.25) is 0 Å². The number of hydrogen-bond donors (Lipinski definition) is 2. The lowest BCUT2D eigenvalue weighted by molar-refractivity contribution is -0.136. The SMILES string of the molecule is CCOC(=O)N1CCC(NC(=O)C(=O)Nc2ccccc2C(C)(C)C)CC1. The van der Waals surface area contributed by atoms with Gasteiger partial charge in [-0.25, -0.2) is 4.79 Å². The number of nitrogens with one attached hydrogen (secondary N) is 2. The summed E-state index contributed by atoms with van der Waals surface area (Å²) in [4.78, 5) is 37.9. The molecule has 0 saturated carbocycles. The van der Waals surface area contributed by atoms with E-state index in [4.69, 9.17) is 4.74 Å². The quantitative estimate of drug-likeness (QED) is 0.795. The summed E-state index contributed by atoms with van der Waals surface area (Å²) in [7, 11) is 0. The molecule has 0 radical (unpaired) electrons. The molecule has 0 bridgehead atoms. The van der Waals surface area contributed by atoms with E-state index < -0.39 is 11.8 Å². The minimum Gasteiger partial charge on any atom is -0.450 e. The van der Waals surface area contributed by atoms with Gasteiger partial charge in [0, 0.05) is 24.8 Å². The average molecular weight is 375 g/mol. The van der Waals surface area contributed by atoms with Crippen molar-refractivity contribution in [2.45, 2.75) is 52.0 Å². The van der Waals surface area contributed by atoms with E-state index in [1.165, 1.54) is 0 Å². The Balaban J connectivity index is 1.89. The minimum absolute atomic E-state index is 0.133. The first-order valence-electron chi connectivity index (χ1n) is 9.35. The van der Waals surface area contributed by atoms with Gasteiger partial charge in [0.25, 0.3) is 0 Å². The van der Waals surface area contributed by atoms with Gasteiger partial charge in [-0.1, -0.05) is 39.0 Å². The molecule has 1 aromatic rings. The number of nitrogens with zero attached hydrogens (tertiary/aromatic N) is 1. The summed E-state index contributed by atoms with van der Waals surface area (Å²) in [6.45, 7) is 9.25. The van der Waals surface area contributed by atoms with Crippen LogP contribution < -0.4 is 10.6 Å². The number of rotatable bonds is 3. The summed E-state index contributed by atoms with van der Waals surface area (Å²) in [5.41, 5.74) is 1.46. The molecule has 1 fully saturated rings. The van der Waals surface area contributed by atoms with Gasteiger partial charge in [0.15, 0.2) is 0 Å². The van der Waals surface area contributed by atoms with Crippen molar-refractivity contribution < 1.29 is 19.1 Å². The second kappa shape index (κ2) is 8.88. The zero-order valence-electron chi connectivity index (χ0n) is 16.5. The monoisotopic (exact) mass is 375 g/mol. The van der Waals surface area contributed by atoms with Crippen molar-refractivity contribution in [1.29, 1.82) is 0 Å². The van der Waals surface area contributed by atoms with E-state index in [1.807, 2.05) is 18.2 Å². The second-order valence-corrected chi connectivity index (χ2v) is 7.68. The number of anilines is 1. The van der Waals surface area contributed by atoms with Gasteiger partial charge in [0.1, 0.15) is 0 Å². The van der Waals surface area contributed by atoms with Crippen molar-refractivity contribution >= 4 is 23.6 Å². The van der Waals surface area contributed by atoms with Gasteiger partial charge >= 0.3 is 17.9 Å². The molecular formula is C20H29N3O4. The summed E-state index contributed by atoms with van der Waals surface area (Å²) in [5, 5.41) is 5.47. The lowest BCUT2D eigenvalue weighted by Crippen LogP contribution is -2.49. The summed E-state index contributed by atoms with van der Waals surface area (Å²) >= 11 is 0. The maximum Gasteiger partial charge on any atom is 0.409 e. The highest BCUT2D eigenvalue weighted by Crippen LogP contribution is 2.29. The number of likely N-dealkylation sites (tertiary alicyclic amines) is 1. The Morgan fingerprint density at radius 3 is 2.33 bits per heavy atom. The molecule has 1 aliphatic rings. The summed E-state index contributed by atoms with van der Waals surface area (Å²) in [6, 6.07) is 7.34. The van der Waals surface area contributed by atoms with Crippen molar-refractivity contribution in [2.24, 2.45) is 0 Å². The van der Waals surface area contributed by atoms with E-state index in [9.17, 15) is 14.4 Å². The van der Waals surface area contributed by atoms with E-state index in [0.717, 1.165) is 5.56 Å². The summed E-state index contributed by atoms with van der Waals surface area (Å²) in [5.74, 6) is -1.34. The molecule has 2 rings (SSSR count). The molecule has 1 aromatic carbocycles. The third kappa shape index (κ3) is 5.70. The van der Waals surface area contributed by atoms with E-state index in [-0.39, 0.29) is 17.6 Å². The maximum atomic E-state index is 12.3. The van der Waals surface area contributed by atoms with Crippen LogP contribution in [-0.2, 0) is 19.7 Å². The Morgan fingerprint density at radius 2 is 1.74 bits per heavy atom. The molecule has 27 heavy (non-hydrogen) atoms. The number of ether oxygens (including phenoxy) is 1. The predicted molar refractivity (Wildman–Crippen MR) is 104 cm³/mol.